The number of ether oxygens (including phenoxy) is 1. The highest BCUT2D eigenvalue weighted by Crippen LogP contribution is 2.30. The van der Waals surface area contributed by atoms with Crippen LogP contribution in [0.3, 0.4) is 0 Å². The van der Waals surface area contributed by atoms with Gasteiger partial charge < -0.3 is 9.64 Å². The van der Waals surface area contributed by atoms with Crippen molar-refractivity contribution in [1.29, 1.82) is 0 Å². The molecule has 3 heterocycles. The van der Waals surface area contributed by atoms with E-state index in [9.17, 15) is 13.2 Å². The molecule has 0 unspecified atom stereocenters. The highest BCUT2D eigenvalue weighted by atomic mass is 32.2. The number of hydrogen-bond donors (Lipinski definition) is 1. The van der Waals surface area contributed by atoms with E-state index in [0.29, 0.717) is 44.0 Å². The van der Waals surface area contributed by atoms with Gasteiger partial charge in [0.2, 0.25) is 11.8 Å². The Hall–Kier alpha value is -4.28. The number of sulfonamides is 1. The number of carbonyl (C=O) groups is 1. The van der Waals surface area contributed by atoms with E-state index in [1.54, 1.807) is 23.1 Å². The third-order valence-electron chi connectivity index (χ3n) is 7.45. The number of aromatic nitrogens is 2. The van der Waals surface area contributed by atoms with E-state index in [-0.39, 0.29) is 22.6 Å². The molecular weight excluding hydrogens is 538 g/mol. The minimum Gasteiger partial charge on any atom is -0.471 e. The number of nitrogens with one attached hydrogen (secondary N) is 1. The quantitative estimate of drug-likeness (QED) is 0.393. The number of carbonyl (C=O) groups excluding carboxylic acids is 1. The fourth-order valence-corrected chi connectivity index (χ4v) is 6.48. The number of anilines is 1. The molecule has 0 spiro atoms. The summed E-state index contributed by atoms with van der Waals surface area (Å²) in [4.78, 5) is 26.7. The number of benzene rings is 3. The molecule has 3 aromatic carbocycles. The van der Waals surface area contributed by atoms with Gasteiger partial charge in [0, 0.05) is 43.4 Å². The van der Waals surface area contributed by atoms with Crippen LogP contribution >= 0.6 is 0 Å². The van der Waals surface area contributed by atoms with Crippen molar-refractivity contribution in [3.8, 4) is 17.1 Å². The Morgan fingerprint density at radius 1 is 0.902 bits per heavy atom. The van der Waals surface area contributed by atoms with Crippen molar-refractivity contribution >= 4 is 21.9 Å². The molecule has 1 atom stereocenters. The second-order valence-electron chi connectivity index (χ2n) is 10.5. The van der Waals surface area contributed by atoms with E-state index in [1.807, 2.05) is 50.2 Å². The fourth-order valence-electron chi connectivity index (χ4n) is 5.49. The molecule has 0 saturated carbocycles. The SMILES string of the molecule is Cc1cccc(C)c1-c1cc2nc(n1)NS(=O)(=O)c1cccc(c1)C(=O)N1CCN(Cc3ccccc3)C[C@H](C1)O2. The van der Waals surface area contributed by atoms with E-state index in [4.69, 9.17) is 4.74 Å². The van der Waals surface area contributed by atoms with Crippen molar-refractivity contribution in [2.45, 2.75) is 31.4 Å². The molecule has 9 nitrogen and oxygen atoms in total. The zero-order valence-corrected chi connectivity index (χ0v) is 23.8. The van der Waals surface area contributed by atoms with E-state index < -0.39 is 16.1 Å². The first kappa shape index (κ1) is 26.9. The molecule has 2 aliphatic rings. The first-order valence-corrected chi connectivity index (χ1v) is 15.0. The summed E-state index contributed by atoms with van der Waals surface area (Å²) in [6.07, 6.45) is -0.417. The Bertz CT molecular complexity index is 1690. The van der Waals surface area contributed by atoms with Crippen LogP contribution in [0.25, 0.3) is 11.3 Å². The number of hydrogen-bond acceptors (Lipinski definition) is 7. The maximum absolute atomic E-state index is 13.7. The van der Waals surface area contributed by atoms with E-state index in [0.717, 1.165) is 16.7 Å². The molecule has 0 radical (unpaired) electrons. The van der Waals surface area contributed by atoms with Crippen LogP contribution in [0.15, 0.2) is 83.8 Å². The summed E-state index contributed by atoms with van der Waals surface area (Å²) < 4.78 is 35.8. The van der Waals surface area contributed by atoms with Gasteiger partial charge in [0.25, 0.3) is 15.9 Å². The van der Waals surface area contributed by atoms with Crippen molar-refractivity contribution in [2.75, 3.05) is 30.9 Å². The van der Waals surface area contributed by atoms with Gasteiger partial charge in [-0.25, -0.2) is 18.1 Å². The lowest BCUT2D eigenvalue weighted by molar-refractivity contribution is 0.0690. The van der Waals surface area contributed by atoms with Gasteiger partial charge >= 0.3 is 0 Å². The highest BCUT2D eigenvalue weighted by Gasteiger charge is 2.30. The van der Waals surface area contributed by atoms with Crippen molar-refractivity contribution in [1.82, 2.24) is 19.8 Å². The molecule has 10 heteroatoms. The number of fused-ring (bicyclic) bond motifs is 6. The summed E-state index contributed by atoms with van der Waals surface area (Å²) in [5.41, 5.74) is 4.89. The summed E-state index contributed by atoms with van der Waals surface area (Å²) in [6, 6.07) is 23.9. The van der Waals surface area contributed by atoms with Gasteiger partial charge in [-0.3, -0.25) is 9.69 Å². The summed E-state index contributed by atoms with van der Waals surface area (Å²) in [7, 11) is -4.08. The number of rotatable bonds is 3. The van der Waals surface area contributed by atoms with Gasteiger partial charge in [0.05, 0.1) is 17.1 Å². The van der Waals surface area contributed by atoms with Gasteiger partial charge in [-0.2, -0.15) is 4.98 Å². The summed E-state index contributed by atoms with van der Waals surface area (Å²) in [5.74, 6) is -0.103. The Balaban J connectivity index is 1.46. The van der Waals surface area contributed by atoms with Gasteiger partial charge in [-0.1, -0.05) is 54.6 Å². The normalized spacial score (nSPS) is 18.6. The Morgan fingerprint density at radius 2 is 1.66 bits per heavy atom. The molecule has 1 saturated heterocycles. The van der Waals surface area contributed by atoms with Crippen LogP contribution in [0, 0.1) is 13.8 Å². The molecule has 2 aliphatic heterocycles. The predicted octanol–water partition coefficient (Wildman–Crippen LogP) is 4.28. The zero-order chi connectivity index (χ0) is 28.6. The van der Waals surface area contributed by atoms with Crippen molar-refractivity contribution in [2.24, 2.45) is 0 Å². The molecule has 6 rings (SSSR count). The zero-order valence-electron chi connectivity index (χ0n) is 22.9. The maximum atomic E-state index is 13.7. The number of aryl methyl sites for hydroxylation is 2. The highest BCUT2D eigenvalue weighted by molar-refractivity contribution is 7.92. The minimum absolute atomic E-state index is 0.0387. The Kier molecular flexibility index (Phi) is 7.19. The topological polar surface area (TPSA) is 105 Å². The predicted molar refractivity (Wildman–Crippen MR) is 156 cm³/mol. The largest absolute Gasteiger partial charge is 0.471 e. The van der Waals surface area contributed by atoms with E-state index in [1.165, 1.54) is 17.7 Å². The third kappa shape index (κ3) is 5.79. The molecule has 1 aromatic heterocycles. The minimum atomic E-state index is -4.08. The van der Waals surface area contributed by atoms with Crippen LogP contribution in [-0.4, -0.2) is 66.4 Å². The average molecular weight is 570 g/mol. The molecule has 0 aliphatic carbocycles. The molecule has 6 bridgehead atoms. The second kappa shape index (κ2) is 10.9. The van der Waals surface area contributed by atoms with Crippen molar-refractivity contribution in [3.05, 3.63) is 101 Å². The maximum Gasteiger partial charge on any atom is 0.264 e. The third-order valence-corrected chi connectivity index (χ3v) is 8.78. The molecule has 41 heavy (non-hydrogen) atoms. The summed E-state index contributed by atoms with van der Waals surface area (Å²) >= 11 is 0. The molecule has 1 N–H and O–H groups in total. The van der Waals surface area contributed by atoms with Crippen LogP contribution in [0.4, 0.5) is 5.95 Å². The van der Waals surface area contributed by atoms with Gasteiger partial charge in [-0.15, -0.1) is 0 Å². The number of nitrogens with zero attached hydrogens (tertiary/aromatic N) is 4. The van der Waals surface area contributed by atoms with Gasteiger partial charge in [-0.05, 0) is 48.7 Å². The van der Waals surface area contributed by atoms with Crippen molar-refractivity contribution in [3.63, 3.8) is 0 Å². The van der Waals surface area contributed by atoms with Crippen LogP contribution in [0.2, 0.25) is 0 Å². The standard InChI is InChI=1S/C31H31N5O4S/c1-21-8-6-9-22(2)29(21)27-17-28-33-31(32-27)34-41(38,39)26-13-7-12-24(16-26)30(37)36-15-14-35(19-25(20-36)40-28)18-23-10-4-3-5-11-23/h3-13,16-17,25H,14-15,18-20H2,1-2H3,(H,32,33,34)/t25-/m1/s1. The van der Waals surface area contributed by atoms with Gasteiger partial charge in [0.1, 0.15) is 6.10 Å². The lowest BCUT2D eigenvalue weighted by atomic mass is 10.00. The average Bonchev–Trinajstić information content (AvgIpc) is 3.14. The first-order chi connectivity index (χ1) is 19.7. The first-order valence-electron chi connectivity index (χ1n) is 13.6. The van der Waals surface area contributed by atoms with Crippen LogP contribution in [0.5, 0.6) is 5.88 Å². The van der Waals surface area contributed by atoms with E-state index in [2.05, 4.69) is 31.7 Å². The Morgan fingerprint density at radius 3 is 2.44 bits per heavy atom. The van der Waals surface area contributed by atoms with Crippen LogP contribution < -0.4 is 9.46 Å². The van der Waals surface area contributed by atoms with E-state index >= 15 is 0 Å². The van der Waals surface area contributed by atoms with Crippen LogP contribution in [-0.2, 0) is 16.6 Å². The lowest BCUT2D eigenvalue weighted by Crippen LogP contribution is -2.40. The fraction of sp³-hybridized carbons (Fsp3) is 0.258. The molecule has 1 fully saturated rings. The second-order valence-corrected chi connectivity index (χ2v) is 12.2. The molecule has 4 aromatic rings. The molecule has 210 valence electrons. The summed E-state index contributed by atoms with van der Waals surface area (Å²) in [5, 5.41) is 0. The Labute approximate surface area is 239 Å². The van der Waals surface area contributed by atoms with Crippen molar-refractivity contribution < 1.29 is 17.9 Å². The van der Waals surface area contributed by atoms with Crippen LogP contribution in [0.1, 0.15) is 27.0 Å². The summed E-state index contributed by atoms with van der Waals surface area (Å²) in [6.45, 7) is 6.68. The lowest BCUT2D eigenvalue weighted by Gasteiger charge is -2.25. The molecule has 1 amide bonds. The van der Waals surface area contributed by atoms with Gasteiger partial charge in [0.15, 0.2) is 0 Å². The molecular formula is C31H31N5O4S. The number of amides is 1. The monoisotopic (exact) mass is 569 g/mol. The smallest absolute Gasteiger partial charge is 0.264 e.